The summed E-state index contributed by atoms with van der Waals surface area (Å²) in [6, 6.07) is 10.7. The molecule has 234 valence electrons. The van der Waals surface area contributed by atoms with Gasteiger partial charge in [-0.1, -0.05) is 0 Å². The number of hydrogen-bond acceptors (Lipinski definition) is 7. The molecule has 45 heavy (non-hydrogen) atoms. The molecule has 12 nitrogen and oxygen atoms in total. The summed E-state index contributed by atoms with van der Waals surface area (Å²) in [6.45, 7) is 2.06. The van der Waals surface area contributed by atoms with Crippen molar-refractivity contribution < 1.29 is 37.4 Å². The minimum absolute atomic E-state index is 0.0739. The lowest BCUT2D eigenvalue weighted by molar-refractivity contribution is -0.132. The molecule has 3 aliphatic rings. The number of rotatable bonds is 8. The normalized spacial score (nSPS) is 18.5. The van der Waals surface area contributed by atoms with Crippen LogP contribution in [0.4, 0.5) is 35.6 Å². The summed E-state index contributed by atoms with van der Waals surface area (Å²) in [5, 5.41) is 5.25. The van der Waals surface area contributed by atoms with Crippen LogP contribution in [-0.2, 0) is 14.3 Å². The second-order valence-electron chi connectivity index (χ2n) is 11.0. The van der Waals surface area contributed by atoms with Crippen molar-refractivity contribution in [3.05, 3.63) is 72.4 Å². The van der Waals surface area contributed by atoms with Gasteiger partial charge < -0.3 is 24.6 Å². The van der Waals surface area contributed by atoms with Crippen LogP contribution < -0.4 is 20.3 Å². The van der Waals surface area contributed by atoms with Crippen molar-refractivity contribution >= 4 is 41.1 Å². The summed E-state index contributed by atoms with van der Waals surface area (Å²) >= 11 is 0. The summed E-state index contributed by atoms with van der Waals surface area (Å²) in [5.74, 6) is -3.50. The van der Waals surface area contributed by atoms with E-state index in [4.69, 9.17) is 9.47 Å². The van der Waals surface area contributed by atoms with E-state index in [0.717, 1.165) is 35.9 Å². The molecule has 0 spiro atoms. The first-order valence-electron chi connectivity index (χ1n) is 14.5. The number of urea groups is 2. The Morgan fingerprint density at radius 2 is 1.73 bits per heavy atom. The SMILES string of the molecule is O=C(Nc1ccc(Oc2ccnc(NC(=O)N3CCOCC3)c2)c(F)c1)C1CN(CC2CC2)C(=O)N(c2ccc(F)cc2)C1=O. The van der Waals surface area contributed by atoms with Gasteiger partial charge in [-0.25, -0.2) is 28.3 Å². The molecule has 0 radical (unpaired) electrons. The number of hydrogen-bond donors (Lipinski definition) is 2. The van der Waals surface area contributed by atoms with Crippen LogP contribution in [0.25, 0.3) is 0 Å². The van der Waals surface area contributed by atoms with Crippen LogP contribution >= 0.6 is 0 Å². The zero-order chi connectivity index (χ0) is 31.5. The Hall–Kier alpha value is -5.11. The fraction of sp³-hybridized carbons (Fsp3) is 0.323. The smallest absolute Gasteiger partial charge is 0.331 e. The van der Waals surface area contributed by atoms with Gasteiger partial charge in [0, 0.05) is 50.2 Å². The maximum Gasteiger partial charge on any atom is 0.331 e. The van der Waals surface area contributed by atoms with Crippen molar-refractivity contribution in [2.75, 3.05) is 54.9 Å². The number of ether oxygens (including phenoxy) is 2. The number of aromatic nitrogens is 1. The summed E-state index contributed by atoms with van der Waals surface area (Å²) in [6.07, 6.45) is 3.30. The number of pyridine rings is 1. The minimum Gasteiger partial charge on any atom is -0.454 e. The van der Waals surface area contributed by atoms with Crippen LogP contribution in [0.3, 0.4) is 0 Å². The third kappa shape index (κ3) is 7.01. The molecule has 14 heteroatoms. The number of amides is 6. The van der Waals surface area contributed by atoms with Crippen LogP contribution in [0.5, 0.6) is 11.5 Å². The number of halogens is 2. The monoisotopic (exact) mass is 620 g/mol. The molecule has 3 fully saturated rings. The van der Waals surface area contributed by atoms with Gasteiger partial charge in [0.1, 0.15) is 23.3 Å². The number of imide groups is 1. The van der Waals surface area contributed by atoms with Crippen molar-refractivity contribution in [3.8, 4) is 11.5 Å². The number of carbonyl (C=O) groups excluding carboxylic acids is 4. The number of nitrogens with one attached hydrogen (secondary N) is 2. The molecule has 2 aliphatic heterocycles. The molecule has 1 saturated carbocycles. The van der Waals surface area contributed by atoms with Crippen molar-refractivity contribution in [2.45, 2.75) is 12.8 Å². The first-order chi connectivity index (χ1) is 21.7. The number of carbonyl (C=O) groups is 4. The summed E-state index contributed by atoms with van der Waals surface area (Å²) in [5.41, 5.74) is 0.224. The van der Waals surface area contributed by atoms with Crippen LogP contribution in [0.2, 0.25) is 0 Å². The minimum atomic E-state index is -1.27. The summed E-state index contributed by atoms with van der Waals surface area (Å²) in [7, 11) is 0. The summed E-state index contributed by atoms with van der Waals surface area (Å²) in [4.78, 5) is 60.4. The molecule has 3 aromatic rings. The van der Waals surface area contributed by atoms with Gasteiger partial charge in [0.25, 0.3) is 0 Å². The molecule has 1 aliphatic carbocycles. The Bertz CT molecular complexity index is 1610. The van der Waals surface area contributed by atoms with Crippen LogP contribution in [0, 0.1) is 23.5 Å². The second-order valence-corrected chi connectivity index (χ2v) is 11.0. The van der Waals surface area contributed by atoms with Crippen LogP contribution in [-0.4, -0.2) is 78.1 Å². The predicted molar refractivity (Wildman–Crippen MR) is 158 cm³/mol. The number of nitrogens with zero attached hydrogens (tertiary/aromatic N) is 4. The van der Waals surface area contributed by atoms with Gasteiger partial charge in [-0.05, 0) is 61.2 Å². The average Bonchev–Trinajstić information content (AvgIpc) is 3.86. The Kier molecular flexibility index (Phi) is 8.56. The van der Waals surface area contributed by atoms with Gasteiger partial charge in [0.15, 0.2) is 11.6 Å². The van der Waals surface area contributed by atoms with Crippen LogP contribution in [0.1, 0.15) is 12.8 Å². The molecular formula is C31H30F2N6O6. The zero-order valence-corrected chi connectivity index (χ0v) is 24.1. The highest BCUT2D eigenvalue weighted by Crippen LogP contribution is 2.33. The van der Waals surface area contributed by atoms with E-state index in [-0.39, 0.29) is 41.3 Å². The molecule has 6 rings (SSSR count). The second kappa shape index (κ2) is 12.9. The average molecular weight is 621 g/mol. The highest BCUT2D eigenvalue weighted by atomic mass is 19.1. The number of morpholine rings is 1. The molecule has 0 bridgehead atoms. The number of benzene rings is 2. The molecule has 2 N–H and O–H groups in total. The van der Waals surface area contributed by atoms with E-state index in [9.17, 15) is 23.6 Å². The topological polar surface area (TPSA) is 133 Å². The molecule has 1 atom stereocenters. The highest BCUT2D eigenvalue weighted by Gasteiger charge is 2.45. The van der Waals surface area contributed by atoms with Crippen molar-refractivity contribution in [1.29, 1.82) is 0 Å². The molecule has 3 heterocycles. The third-order valence-corrected chi connectivity index (χ3v) is 7.65. The van der Waals surface area contributed by atoms with E-state index in [2.05, 4.69) is 15.6 Å². The molecule has 1 unspecified atom stereocenters. The zero-order valence-electron chi connectivity index (χ0n) is 24.1. The first-order valence-corrected chi connectivity index (χ1v) is 14.5. The lowest BCUT2D eigenvalue weighted by atomic mass is 10.0. The standard InChI is InChI=1S/C31H30F2N6O6/c32-20-3-6-22(7-4-20)39-29(41)24(18-38(31(39)43)17-19-1-2-19)28(40)35-21-5-8-26(25(33)15-21)45-23-9-10-34-27(16-23)36-30(42)37-11-13-44-14-12-37/h3-10,15-16,19,24H,1-2,11-14,17-18H2,(H,35,40)(H,34,36,42). The fourth-order valence-electron chi connectivity index (χ4n) is 5.07. The van der Waals surface area contributed by atoms with Gasteiger partial charge in [0.05, 0.1) is 18.9 Å². The van der Waals surface area contributed by atoms with E-state index >= 15 is 4.39 Å². The lowest BCUT2D eigenvalue weighted by Gasteiger charge is -2.38. The summed E-state index contributed by atoms with van der Waals surface area (Å²) < 4.78 is 39.6. The van der Waals surface area contributed by atoms with Crippen LogP contribution in [0.15, 0.2) is 60.8 Å². The molecular weight excluding hydrogens is 590 g/mol. The third-order valence-electron chi connectivity index (χ3n) is 7.65. The fourth-order valence-corrected chi connectivity index (χ4v) is 5.07. The molecule has 1 aromatic heterocycles. The lowest BCUT2D eigenvalue weighted by Crippen LogP contribution is -2.60. The van der Waals surface area contributed by atoms with E-state index in [0.29, 0.717) is 38.8 Å². The largest absolute Gasteiger partial charge is 0.454 e. The maximum atomic E-state index is 15.1. The molecule has 2 saturated heterocycles. The first kappa shape index (κ1) is 29.9. The van der Waals surface area contributed by atoms with Gasteiger partial charge in [-0.2, -0.15) is 0 Å². The van der Waals surface area contributed by atoms with Gasteiger partial charge in [-0.15, -0.1) is 0 Å². The Balaban J connectivity index is 1.13. The Morgan fingerprint density at radius 3 is 2.44 bits per heavy atom. The molecule has 6 amide bonds. The highest BCUT2D eigenvalue weighted by molar-refractivity contribution is 6.23. The van der Waals surface area contributed by atoms with Gasteiger partial charge in [-0.3, -0.25) is 14.9 Å². The van der Waals surface area contributed by atoms with Crippen molar-refractivity contribution in [2.24, 2.45) is 11.8 Å². The van der Waals surface area contributed by atoms with Gasteiger partial charge in [0.2, 0.25) is 11.8 Å². The van der Waals surface area contributed by atoms with Crippen molar-refractivity contribution in [3.63, 3.8) is 0 Å². The quantitative estimate of drug-likeness (QED) is 0.356. The van der Waals surface area contributed by atoms with Gasteiger partial charge >= 0.3 is 12.1 Å². The Labute approximate surface area is 256 Å². The Morgan fingerprint density at radius 1 is 0.978 bits per heavy atom. The number of anilines is 3. The van der Waals surface area contributed by atoms with E-state index in [1.54, 1.807) is 4.90 Å². The van der Waals surface area contributed by atoms with E-state index < -0.39 is 35.4 Å². The molecule has 2 aromatic carbocycles. The van der Waals surface area contributed by atoms with Crippen molar-refractivity contribution in [1.82, 2.24) is 14.8 Å². The predicted octanol–water partition coefficient (Wildman–Crippen LogP) is 4.45. The maximum absolute atomic E-state index is 15.1. The van der Waals surface area contributed by atoms with E-state index in [1.807, 2.05) is 0 Å². The van der Waals surface area contributed by atoms with E-state index in [1.165, 1.54) is 47.5 Å².